The van der Waals surface area contributed by atoms with Gasteiger partial charge in [0.1, 0.15) is 5.03 Å². The summed E-state index contributed by atoms with van der Waals surface area (Å²) in [4.78, 5) is 0. The van der Waals surface area contributed by atoms with Gasteiger partial charge < -0.3 is 9.47 Å². The lowest BCUT2D eigenvalue weighted by atomic mass is 10.6. The highest BCUT2D eigenvalue weighted by molar-refractivity contribution is 8.18. The minimum atomic E-state index is -4.06. The fourth-order valence-electron chi connectivity index (χ4n) is 0.706. The van der Waals surface area contributed by atoms with E-state index in [1.165, 1.54) is 0 Å². The summed E-state index contributed by atoms with van der Waals surface area (Å²) in [5.74, 6) is 0. The second kappa shape index (κ2) is 6.93. The normalized spacial score (nSPS) is 14.3. The van der Waals surface area contributed by atoms with Gasteiger partial charge in [-0.3, -0.25) is 0 Å². The zero-order valence-corrected chi connectivity index (χ0v) is 11.3. The van der Waals surface area contributed by atoms with Gasteiger partial charge >= 0.3 is 0 Å². The average Bonchev–Trinajstić information content (AvgIpc) is 2.14. The Morgan fingerprint density at radius 3 is 1.87 bits per heavy atom. The fraction of sp³-hybridized carbons (Fsp3) is 0.714. The van der Waals surface area contributed by atoms with Crippen LogP contribution in [0.4, 0.5) is 0 Å². The van der Waals surface area contributed by atoms with Crippen molar-refractivity contribution in [1.82, 2.24) is 0 Å². The van der Waals surface area contributed by atoms with Gasteiger partial charge in [0.05, 0.1) is 0 Å². The van der Waals surface area contributed by atoms with Gasteiger partial charge in [0, 0.05) is 23.9 Å². The Labute approximate surface area is 104 Å². The first-order valence-corrected chi connectivity index (χ1v) is 7.14. The molecule has 0 amide bonds. The Hall–Kier alpha value is 0.480. The minimum absolute atomic E-state index is 0.282. The van der Waals surface area contributed by atoms with Crippen molar-refractivity contribution >= 4 is 42.9 Å². The zero-order valence-electron chi connectivity index (χ0n) is 8.17. The highest BCUT2D eigenvalue weighted by Crippen LogP contribution is 2.27. The highest BCUT2D eigenvalue weighted by atomic mass is 35.7. The third kappa shape index (κ3) is 5.38. The van der Waals surface area contributed by atoms with Crippen molar-refractivity contribution in [3.8, 4) is 0 Å². The molecule has 0 radical (unpaired) electrons. The molecule has 8 heteroatoms. The molecule has 0 saturated heterocycles. The Kier molecular flexibility index (Phi) is 7.16. The molecule has 0 aromatic carbocycles. The lowest BCUT2D eigenvalue weighted by Gasteiger charge is -2.16. The van der Waals surface area contributed by atoms with Crippen LogP contribution in [0.25, 0.3) is 0 Å². The molecule has 0 rings (SSSR count). The molecule has 15 heavy (non-hydrogen) atoms. The van der Waals surface area contributed by atoms with Crippen LogP contribution in [0.15, 0.2) is 9.40 Å². The van der Waals surface area contributed by atoms with Crippen LogP contribution in [0, 0.1) is 0 Å². The summed E-state index contributed by atoms with van der Waals surface area (Å²) in [6.45, 7) is 4.01. The molecule has 0 spiro atoms. The second-order valence-electron chi connectivity index (χ2n) is 2.30. The molecule has 0 aliphatic rings. The number of hydrogen-bond acceptors (Lipinski definition) is 4. The second-order valence-corrected chi connectivity index (χ2v) is 5.81. The molecule has 0 bridgehead atoms. The number of ether oxygens (including phenoxy) is 2. The van der Waals surface area contributed by atoms with Crippen molar-refractivity contribution in [3.63, 3.8) is 0 Å². The van der Waals surface area contributed by atoms with Gasteiger partial charge in [0.2, 0.25) is 0 Å². The van der Waals surface area contributed by atoms with E-state index in [1.54, 1.807) is 13.8 Å². The van der Waals surface area contributed by atoms with Crippen molar-refractivity contribution < 1.29 is 17.9 Å². The molecule has 0 atom stereocenters. The average molecular weight is 298 g/mol. The number of halogens is 3. The van der Waals surface area contributed by atoms with Crippen molar-refractivity contribution in [3.05, 3.63) is 9.40 Å². The van der Waals surface area contributed by atoms with E-state index in [9.17, 15) is 8.42 Å². The molecule has 0 aliphatic heterocycles. The monoisotopic (exact) mass is 296 g/mol. The van der Waals surface area contributed by atoms with Crippen LogP contribution in [-0.4, -0.2) is 27.9 Å². The van der Waals surface area contributed by atoms with E-state index < -0.39 is 19.7 Å². The smallest absolute Gasteiger partial charge is 0.273 e. The van der Waals surface area contributed by atoms with E-state index in [0.29, 0.717) is 13.2 Å². The SMILES string of the molecule is CCOC(OCC)/C(Cl)=C(\Cl)S(=O)(=O)Cl. The predicted octanol–water partition coefficient (Wildman–Crippen LogP) is 2.60. The molecule has 90 valence electrons. The number of hydrogen-bond donors (Lipinski definition) is 0. The van der Waals surface area contributed by atoms with E-state index in [4.69, 9.17) is 43.4 Å². The van der Waals surface area contributed by atoms with E-state index in [0.717, 1.165) is 0 Å². The molecule has 0 aliphatic carbocycles. The summed E-state index contributed by atoms with van der Waals surface area (Å²) in [5.41, 5.74) is 0. The van der Waals surface area contributed by atoms with Crippen LogP contribution >= 0.6 is 33.9 Å². The molecular weight excluding hydrogens is 286 g/mol. The fourth-order valence-corrected chi connectivity index (χ4v) is 1.92. The standard InChI is InChI=1S/C7H11Cl3O4S/c1-3-13-7(14-4-2)5(8)6(9)15(10,11)12/h7H,3-4H2,1-2H3/b6-5-. The Bertz CT molecular complexity index is 319. The van der Waals surface area contributed by atoms with Gasteiger partial charge in [-0.25, -0.2) is 8.42 Å². The summed E-state index contributed by atoms with van der Waals surface area (Å²) >= 11 is 11.1. The first kappa shape index (κ1) is 15.5. The highest BCUT2D eigenvalue weighted by Gasteiger charge is 2.23. The lowest BCUT2D eigenvalue weighted by molar-refractivity contribution is -0.106. The quantitative estimate of drug-likeness (QED) is 0.558. The van der Waals surface area contributed by atoms with Gasteiger partial charge in [-0.1, -0.05) is 23.2 Å². The topological polar surface area (TPSA) is 52.6 Å². The molecule has 0 heterocycles. The summed E-state index contributed by atoms with van der Waals surface area (Å²) in [6, 6.07) is 0. The minimum Gasteiger partial charge on any atom is -0.348 e. The summed E-state index contributed by atoms with van der Waals surface area (Å²) in [6.07, 6.45) is -1.01. The first-order chi connectivity index (χ1) is 6.84. The Morgan fingerprint density at radius 1 is 1.20 bits per heavy atom. The largest absolute Gasteiger partial charge is 0.348 e. The molecule has 0 aromatic heterocycles. The van der Waals surface area contributed by atoms with Crippen LogP contribution in [0.3, 0.4) is 0 Å². The van der Waals surface area contributed by atoms with Crippen LogP contribution < -0.4 is 0 Å². The lowest BCUT2D eigenvalue weighted by Crippen LogP contribution is -2.19. The summed E-state index contributed by atoms with van der Waals surface area (Å²) < 4.78 is 31.1. The van der Waals surface area contributed by atoms with Gasteiger partial charge in [-0.2, -0.15) is 0 Å². The third-order valence-electron chi connectivity index (χ3n) is 1.24. The summed E-state index contributed by atoms with van der Waals surface area (Å²) in [7, 11) is 0.951. The molecule has 4 nitrogen and oxygen atoms in total. The van der Waals surface area contributed by atoms with Crippen molar-refractivity contribution in [2.75, 3.05) is 13.2 Å². The Morgan fingerprint density at radius 2 is 1.60 bits per heavy atom. The van der Waals surface area contributed by atoms with Gasteiger partial charge in [-0.15, -0.1) is 0 Å². The van der Waals surface area contributed by atoms with Crippen LogP contribution in [-0.2, 0) is 18.5 Å². The van der Waals surface area contributed by atoms with Gasteiger partial charge in [-0.05, 0) is 13.8 Å². The molecule has 0 saturated carbocycles. The van der Waals surface area contributed by atoms with Crippen LogP contribution in [0.2, 0.25) is 0 Å². The van der Waals surface area contributed by atoms with E-state index in [2.05, 4.69) is 0 Å². The van der Waals surface area contributed by atoms with E-state index >= 15 is 0 Å². The molecular formula is C7H11Cl3O4S. The van der Waals surface area contributed by atoms with Crippen LogP contribution in [0.5, 0.6) is 0 Å². The zero-order chi connectivity index (χ0) is 12.1. The van der Waals surface area contributed by atoms with Crippen LogP contribution in [0.1, 0.15) is 13.8 Å². The summed E-state index contributed by atoms with van der Waals surface area (Å²) in [5, 5.41) is -0.282. The predicted molar refractivity (Wildman–Crippen MR) is 60.5 cm³/mol. The molecule has 0 unspecified atom stereocenters. The molecule has 0 fully saturated rings. The maximum Gasteiger partial charge on any atom is 0.273 e. The van der Waals surface area contributed by atoms with Crippen molar-refractivity contribution in [1.29, 1.82) is 0 Å². The van der Waals surface area contributed by atoms with Gasteiger partial charge in [0.25, 0.3) is 9.05 Å². The maximum absolute atomic E-state index is 10.9. The maximum atomic E-state index is 10.9. The number of rotatable bonds is 6. The van der Waals surface area contributed by atoms with Crippen molar-refractivity contribution in [2.24, 2.45) is 0 Å². The van der Waals surface area contributed by atoms with Gasteiger partial charge in [0.15, 0.2) is 10.7 Å². The van der Waals surface area contributed by atoms with E-state index in [-0.39, 0.29) is 5.03 Å². The third-order valence-corrected chi connectivity index (χ3v) is 3.98. The first-order valence-electron chi connectivity index (χ1n) is 4.07. The molecule has 0 N–H and O–H groups in total. The Balaban J connectivity index is 4.97. The van der Waals surface area contributed by atoms with E-state index in [1.807, 2.05) is 0 Å². The van der Waals surface area contributed by atoms with Crippen molar-refractivity contribution in [2.45, 2.75) is 20.1 Å². The molecule has 0 aromatic rings.